The minimum absolute atomic E-state index is 0.218. The third-order valence-corrected chi connectivity index (χ3v) is 7.97. The summed E-state index contributed by atoms with van der Waals surface area (Å²) in [6.07, 6.45) is 0.871. The average molecular weight is 250 g/mol. The lowest BCUT2D eigenvalue weighted by atomic mass is 10.1. The van der Waals surface area contributed by atoms with Gasteiger partial charge < -0.3 is 4.43 Å². The number of hydrogen-bond donors (Lipinski definition) is 0. The van der Waals surface area contributed by atoms with Gasteiger partial charge in [0.15, 0.2) is 8.32 Å². The molecule has 0 amide bonds. The third-order valence-electron chi connectivity index (χ3n) is 3.49. The monoisotopic (exact) mass is 250 g/mol. The van der Waals surface area contributed by atoms with Gasteiger partial charge in [-0.2, -0.15) is 0 Å². The zero-order valence-electron chi connectivity index (χ0n) is 11.4. The molecule has 0 saturated heterocycles. The molecule has 0 atom stereocenters. The molecule has 0 radical (unpaired) electrons. The minimum Gasteiger partial charge on any atom is -0.413 e. The summed E-state index contributed by atoms with van der Waals surface area (Å²) in [6, 6.07) is 7.59. The Labute approximate surface area is 105 Å². The van der Waals surface area contributed by atoms with Crippen LogP contribution in [0.4, 0.5) is 0 Å². The Kier molecular flexibility index (Phi) is 4.28. The Bertz CT molecular complexity index is 391. The predicted molar refractivity (Wildman–Crippen MR) is 73.8 cm³/mol. The zero-order valence-corrected chi connectivity index (χ0v) is 12.4. The van der Waals surface area contributed by atoms with Crippen LogP contribution >= 0.6 is 0 Å². The van der Waals surface area contributed by atoms with Crippen LogP contribution in [0.2, 0.25) is 18.1 Å². The minimum atomic E-state index is -1.70. The fraction of sp³-hybridized carbons (Fsp3) is 0.500. The lowest BCUT2D eigenvalue weighted by Gasteiger charge is -2.36. The molecule has 1 rings (SSSR count). The van der Waals surface area contributed by atoms with Gasteiger partial charge in [-0.15, -0.1) is 0 Å². The Hall–Kier alpha value is -0.933. The van der Waals surface area contributed by atoms with Crippen molar-refractivity contribution in [1.82, 2.24) is 0 Å². The van der Waals surface area contributed by atoms with E-state index in [1.165, 1.54) is 0 Å². The summed E-state index contributed by atoms with van der Waals surface area (Å²) < 4.78 is 6.10. The average Bonchev–Trinajstić information content (AvgIpc) is 2.25. The topological polar surface area (TPSA) is 26.3 Å². The summed E-state index contributed by atoms with van der Waals surface area (Å²) in [4.78, 5) is 10.7. The van der Waals surface area contributed by atoms with E-state index in [0.717, 1.165) is 11.8 Å². The molecular formula is C14H22O2Si. The van der Waals surface area contributed by atoms with Crippen molar-refractivity contribution in [3.8, 4) is 0 Å². The number of hydrogen-bond acceptors (Lipinski definition) is 2. The van der Waals surface area contributed by atoms with Gasteiger partial charge >= 0.3 is 0 Å². The quantitative estimate of drug-likeness (QED) is 0.596. The highest BCUT2D eigenvalue weighted by molar-refractivity contribution is 6.74. The van der Waals surface area contributed by atoms with Gasteiger partial charge in [-0.25, -0.2) is 0 Å². The molecule has 1 aromatic carbocycles. The highest BCUT2D eigenvalue weighted by Gasteiger charge is 2.36. The van der Waals surface area contributed by atoms with Crippen LogP contribution in [0.25, 0.3) is 0 Å². The van der Waals surface area contributed by atoms with Crippen LogP contribution in [0, 0.1) is 0 Å². The molecule has 0 saturated carbocycles. The normalized spacial score (nSPS) is 12.5. The summed E-state index contributed by atoms with van der Waals surface area (Å²) in [5.74, 6) is 0. The molecule has 0 fully saturated rings. The van der Waals surface area contributed by atoms with Gasteiger partial charge in [0.05, 0.1) is 6.61 Å². The molecule has 1 aromatic rings. The molecule has 3 heteroatoms. The third kappa shape index (κ3) is 3.79. The first kappa shape index (κ1) is 14.1. The highest BCUT2D eigenvalue weighted by atomic mass is 28.4. The summed E-state index contributed by atoms with van der Waals surface area (Å²) in [5, 5.41) is 0.218. The van der Waals surface area contributed by atoms with Gasteiger partial charge in [0.25, 0.3) is 0 Å². The number of carbonyl (C=O) groups is 1. The van der Waals surface area contributed by atoms with Crippen molar-refractivity contribution >= 4 is 14.6 Å². The zero-order chi connectivity index (χ0) is 13.1. The van der Waals surface area contributed by atoms with Crippen molar-refractivity contribution in [2.24, 2.45) is 0 Å². The number of benzene rings is 1. The molecule has 0 heterocycles. The second kappa shape index (κ2) is 5.15. The lowest BCUT2D eigenvalue weighted by molar-refractivity contribution is 0.112. The molecule has 0 spiro atoms. The first-order valence-corrected chi connectivity index (χ1v) is 8.85. The molecule has 2 nitrogen and oxygen atoms in total. The number of aldehydes is 1. The molecule has 17 heavy (non-hydrogen) atoms. The molecule has 0 aliphatic heterocycles. The summed E-state index contributed by atoms with van der Waals surface area (Å²) in [5.41, 5.74) is 1.78. The maximum atomic E-state index is 10.7. The lowest BCUT2D eigenvalue weighted by Crippen LogP contribution is -2.40. The van der Waals surface area contributed by atoms with E-state index in [1.807, 2.05) is 24.3 Å². The van der Waals surface area contributed by atoms with Crippen molar-refractivity contribution in [2.45, 2.75) is 45.5 Å². The van der Waals surface area contributed by atoms with E-state index in [9.17, 15) is 4.79 Å². The molecule has 0 aliphatic carbocycles. The molecule has 0 N–H and O–H groups in total. The van der Waals surface area contributed by atoms with Crippen LogP contribution in [-0.2, 0) is 11.0 Å². The van der Waals surface area contributed by atoms with Crippen LogP contribution < -0.4 is 0 Å². The maximum Gasteiger partial charge on any atom is 0.192 e. The van der Waals surface area contributed by atoms with Gasteiger partial charge in [-0.05, 0) is 29.8 Å². The second-order valence-electron chi connectivity index (χ2n) is 5.91. The van der Waals surface area contributed by atoms with E-state index in [1.54, 1.807) is 0 Å². The van der Waals surface area contributed by atoms with Crippen molar-refractivity contribution in [3.63, 3.8) is 0 Å². The van der Waals surface area contributed by atoms with Gasteiger partial charge in [-0.1, -0.05) is 39.0 Å². The first-order chi connectivity index (χ1) is 7.76. The van der Waals surface area contributed by atoms with Gasteiger partial charge in [0.1, 0.15) is 6.29 Å². The number of carbonyl (C=O) groups excluding carboxylic acids is 1. The molecule has 0 unspecified atom stereocenters. The van der Waals surface area contributed by atoms with E-state index < -0.39 is 8.32 Å². The fourth-order valence-corrected chi connectivity index (χ4v) is 2.20. The van der Waals surface area contributed by atoms with E-state index in [2.05, 4.69) is 33.9 Å². The SMILES string of the molecule is CC(C)(C)[Si](C)(C)OCc1cccc(C=O)c1. The molecule has 0 aliphatic rings. The van der Waals surface area contributed by atoms with Crippen LogP contribution in [-0.4, -0.2) is 14.6 Å². The molecule has 0 aromatic heterocycles. The number of rotatable bonds is 4. The van der Waals surface area contributed by atoms with Crippen molar-refractivity contribution < 1.29 is 9.22 Å². The standard InChI is InChI=1S/C14H22O2Si/c1-14(2,3)17(4,5)16-11-13-8-6-7-12(9-13)10-15/h6-10H,11H2,1-5H3. The Morgan fingerprint density at radius 2 is 1.94 bits per heavy atom. The van der Waals surface area contributed by atoms with Gasteiger partial charge in [0.2, 0.25) is 0 Å². The van der Waals surface area contributed by atoms with E-state index in [-0.39, 0.29) is 5.04 Å². The van der Waals surface area contributed by atoms with Crippen LogP contribution in [0.5, 0.6) is 0 Å². The van der Waals surface area contributed by atoms with E-state index in [0.29, 0.717) is 12.2 Å². The van der Waals surface area contributed by atoms with Crippen LogP contribution in [0.3, 0.4) is 0 Å². The van der Waals surface area contributed by atoms with Crippen LogP contribution in [0.15, 0.2) is 24.3 Å². The fourth-order valence-electron chi connectivity index (χ4n) is 1.24. The molecule has 0 bridgehead atoms. The summed E-state index contributed by atoms with van der Waals surface area (Å²) in [6.45, 7) is 11.7. The summed E-state index contributed by atoms with van der Waals surface area (Å²) >= 11 is 0. The predicted octanol–water partition coefficient (Wildman–Crippen LogP) is 4.02. The largest absolute Gasteiger partial charge is 0.413 e. The van der Waals surface area contributed by atoms with Gasteiger partial charge in [0, 0.05) is 5.56 Å². The summed E-state index contributed by atoms with van der Waals surface area (Å²) in [7, 11) is -1.70. The Morgan fingerprint density at radius 3 is 2.47 bits per heavy atom. The Morgan fingerprint density at radius 1 is 1.29 bits per heavy atom. The van der Waals surface area contributed by atoms with E-state index in [4.69, 9.17) is 4.43 Å². The smallest absolute Gasteiger partial charge is 0.192 e. The van der Waals surface area contributed by atoms with Crippen molar-refractivity contribution in [1.29, 1.82) is 0 Å². The highest BCUT2D eigenvalue weighted by Crippen LogP contribution is 2.37. The Balaban J connectivity index is 2.70. The van der Waals surface area contributed by atoms with Gasteiger partial charge in [-0.3, -0.25) is 4.79 Å². The van der Waals surface area contributed by atoms with Crippen molar-refractivity contribution in [2.75, 3.05) is 0 Å². The van der Waals surface area contributed by atoms with Crippen LogP contribution in [0.1, 0.15) is 36.7 Å². The molecular weight excluding hydrogens is 228 g/mol. The second-order valence-corrected chi connectivity index (χ2v) is 10.7. The molecule has 94 valence electrons. The van der Waals surface area contributed by atoms with Crippen molar-refractivity contribution in [3.05, 3.63) is 35.4 Å². The van der Waals surface area contributed by atoms with E-state index >= 15 is 0 Å². The maximum absolute atomic E-state index is 10.7. The first-order valence-electron chi connectivity index (χ1n) is 5.94.